The first-order valence-electron chi connectivity index (χ1n) is 7.40. The van der Waals surface area contributed by atoms with Crippen molar-refractivity contribution in [2.24, 2.45) is 0 Å². The highest BCUT2D eigenvalue weighted by Crippen LogP contribution is 2.35. The molecule has 0 aromatic carbocycles. The minimum absolute atomic E-state index is 0.222. The molecule has 1 aliphatic heterocycles. The Labute approximate surface area is 112 Å². The monoisotopic (exact) mass is 254 g/mol. The van der Waals surface area contributed by atoms with Gasteiger partial charge in [-0.15, -0.1) is 0 Å². The highest BCUT2D eigenvalue weighted by atomic mass is 16.5. The van der Waals surface area contributed by atoms with Gasteiger partial charge in [-0.2, -0.15) is 0 Å². The fraction of sp³-hybridized carbons (Fsp3) is 0.875. The van der Waals surface area contributed by atoms with Gasteiger partial charge in [0.05, 0.1) is 17.8 Å². The van der Waals surface area contributed by atoms with Crippen LogP contribution in [0.3, 0.4) is 0 Å². The van der Waals surface area contributed by atoms with Crippen molar-refractivity contribution in [3.63, 3.8) is 0 Å². The van der Waals surface area contributed by atoms with Gasteiger partial charge in [0, 0.05) is 6.42 Å². The summed E-state index contributed by atoms with van der Waals surface area (Å²) >= 11 is 0. The maximum atomic E-state index is 10.8. The summed E-state index contributed by atoms with van der Waals surface area (Å²) in [5.41, 5.74) is 0.290. The summed E-state index contributed by atoms with van der Waals surface area (Å²) in [6.07, 6.45) is 8.02. The van der Waals surface area contributed by atoms with E-state index in [9.17, 15) is 5.11 Å². The standard InChI is InChI=1S/C16H30O2/c1-5-6-7-8-10-16(17)12-14(2)9-11-18-15(3,4)13-16/h17H,2,5-13H2,1,3-4H3. The molecule has 0 aromatic heterocycles. The molecule has 106 valence electrons. The van der Waals surface area contributed by atoms with Gasteiger partial charge in [0.25, 0.3) is 0 Å². The maximum Gasteiger partial charge on any atom is 0.0711 e. The average Bonchev–Trinajstić information content (AvgIpc) is 2.21. The zero-order valence-corrected chi connectivity index (χ0v) is 12.4. The van der Waals surface area contributed by atoms with E-state index in [1.165, 1.54) is 19.3 Å². The molecule has 1 fully saturated rings. The number of unbranched alkanes of at least 4 members (excludes halogenated alkanes) is 3. The minimum Gasteiger partial charge on any atom is -0.389 e. The van der Waals surface area contributed by atoms with E-state index in [-0.39, 0.29) is 5.60 Å². The molecule has 0 saturated carbocycles. The van der Waals surface area contributed by atoms with Crippen molar-refractivity contribution in [3.8, 4) is 0 Å². The van der Waals surface area contributed by atoms with Gasteiger partial charge in [0.15, 0.2) is 0 Å². The van der Waals surface area contributed by atoms with Crippen LogP contribution in [0.4, 0.5) is 0 Å². The Kier molecular flexibility index (Phi) is 5.87. The summed E-state index contributed by atoms with van der Waals surface area (Å²) in [5.74, 6) is 0. The summed E-state index contributed by atoms with van der Waals surface area (Å²) in [4.78, 5) is 0. The van der Waals surface area contributed by atoms with Crippen LogP contribution < -0.4 is 0 Å². The molecule has 0 amide bonds. The zero-order chi connectivity index (χ0) is 13.6. The molecule has 1 atom stereocenters. The Hall–Kier alpha value is -0.340. The van der Waals surface area contributed by atoms with Gasteiger partial charge in [-0.3, -0.25) is 0 Å². The zero-order valence-electron chi connectivity index (χ0n) is 12.4. The molecule has 1 unspecified atom stereocenters. The summed E-state index contributed by atoms with van der Waals surface area (Å²) in [6, 6.07) is 0. The van der Waals surface area contributed by atoms with Gasteiger partial charge in [0.1, 0.15) is 0 Å². The normalized spacial score (nSPS) is 28.8. The van der Waals surface area contributed by atoms with E-state index >= 15 is 0 Å². The molecular weight excluding hydrogens is 224 g/mol. The second-order valence-electron chi connectivity index (χ2n) is 6.50. The molecule has 1 saturated heterocycles. The number of hydrogen-bond acceptors (Lipinski definition) is 2. The van der Waals surface area contributed by atoms with Gasteiger partial charge in [0.2, 0.25) is 0 Å². The Morgan fingerprint density at radius 3 is 2.67 bits per heavy atom. The average molecular weight is 254 g/mol. The maximum absolute atomic E-state index is 10.8. The van der Waals surface area contributed by atoms with Gasteiger partial charge < -0.3 is 9.84 Å². The van der Waals surface area contributed by atoms with E-state index in [4.69, 9.17) is 4.74 Å². The predicted molar refractivity (Wildman–Crippen MR) is 76.7 cm³/mol. The number of hydrogen-bond donors (Lipinski definition) is 1. The molecule has 1 heterocycles. The third-order valence-electron chi connectivity index (χ3n) is 3.78. The lowest BCUT2D eigenvalue weighted by molar-refractivity contribution is -0.0973. The molecule has 1 aliphatic rings. The van der Waals surface area contributed by atoms with E-state index in [0.29, 0.717) is 6.42 Å². The van der Waals surface area contributed by atoms with E-state index in [1.54, 1.807) is 0 Å². The van der Waals surface area contributed by atoms with Crippen molar-refractivity contribution in [2.45, 2.75) is 83.3 Å². The first-order chi connectivity index (χ1) is 8.37. The molecule has 18 heavy (non-hydrogen) atoms. The van der Waals surface area contributed by atoms with Crippen LogP contribution in [0, 0.1) is 0 Å². The van der Waals surface area contributed by atoms with Crippen molar-refractivity contribution in [1.82, 2.24) is 0 Å². The smallest absolute Gasteiger partial charge is 0.0711 e. The second kappa shape index (κ2) is 6.72. The van der Waals surface area contributed by atoms with Crippen molar-refractivity contribution < 1.29 is 9.84 Å². The molecule has 0 bridgehead atoms. The van der Waals surface area contributed by atoms with Crippen LogP contribution >= 0.6 is 0 Å². The Morgan fingerprint density at radius 1 is 1.28 bits per heavy atom. The molecule has 2 nitrogen and oxygen atoms in total. The van der Waals surface area contributed by atoms with Gasteiger partial charge in [-0.05, 0) is 33.1 Å². The van der Waals surface area contributed by atoms with E-state index in [0.717, 1.165) is 37.9 Å². The molecule has 0 aromatic rings. The molecule has 0 radical (unpaired) electrons. The number of ether oxygens (including phenoxy) is 1. The van der Waals surface area contributed by atoms with Crippen LogP contribution in [0.15, 0.2) is 12.2 Å². The highest BCUT2D eigenvalue weighted by molar-refractivity contribution is 5.04. The van der Waals surface area contributed by atoms with Gasteiger partial charge >= 0.3 is 0 Å². The SMILES string of the molecule is C=C1CCOC(C)(C)CC(O)(CCCCCC)C1. The van der Waals surface area contributed by atoms with Crippen LogP contribution in [0.5, 0.6) is 0 Å². The second-order valence-corrected chi connectivity index (χ2v) is 6.50. The topological polar surface area (TPSA) is 29.5 Å². The van der Waals surface area contributed by atoms with Crippen LogP contribution in [0.2, 0.25) is 0 Å². The Balaban J connectivity index is 2.57. The van der Waals surface area contributed by atoms with Crippen molar-refractivity contribution in [3.05, 3.63) is 12.2 Å². The van der Waals surface area contributed by atoms with Crippen molar-refractivity contribution in [1.29, 1.82) is 0 Å². The number of aliphatic hydroxyl groups is 1. The predicted octanol–water partition coefficient (Wildman–Crippen LogP) is 4.22. The third-order valence-corrected chi connectivity index (χ3v) is 3.78. The summed E-state index contributed by atoms with van der Waals surface area (Å²) < 4.78 is 5.84. The molecular formula is C16H30O2. The quantitative estimate of drug-likeness (QED) is 0.588. The number of rotatable bonds is 5. The lowest BCUT2D eigenvalue weighted by Gasteiger charge is -2.39. The summed E-state index contributed by atoms with van der Waals surface area (Å²) in [7, 11) is 0. The van der Waals surface area contributed by atoms with Crippen LogP contribution in [-0.2, 0) is 4.74 Å². The highest BCUT2D eigenvalue weighted by Gasteiger charge is 2.36. The molecule has 2 heteroatoms. The summed E-state index contributed by atoms with van der Waals surface area (Å²) in [6.45, 7) is 11.2. The third kappa shape index (κ3) is 5.53. The minimum atomic E-state index is -0.616. The molecule has 0 spiro atoms. The van der Waals surface area contributed by atoms with Crippen LogP contribution in [0.1, 0.15) is 72.1 Å². The Morgan fingerprint density at radius 2 is 2.00 bits per heavy atom. The molecule has 0 aliphatic carbocycles. The molecule has 1 N–H and O–H groups in total. The van der Waals surface area contributed by atoms with Crippen LogP contribution in [-0.4, -0.2) is 22.9 Å². The van der Waals surface area contributed by atoms with Crippen molar-refractivity contribution >= 4 is 0 Å². The fourth-order valence-corrected chi connectivity index (χ4v) is 2.99. The first kappa shape index (κ1) is 15.7. The largest absolute Gasteiger partial charge is 0.389 e. The lowest BCUT2D eigenvalue weighted by atomic mass is 9.79. The Bertz CT molecular complexity index is 270. The van der Waals surface area contributed by atoms with Gasteiger partial charge in [-0.1, -0.05) is 44.8 Å². The van der Waals surface area contributed by atoms with E-state index < -0.39 is 5.60 Å². The lowest BCUT2D eigenvalue weighted by Crippen LogP contribution is -2.41. The first-order valence-corrected chi connectivity index (χ1v) is 7.40. The molecule has 1 rings (SSSR count). The van der Waals surface area contributed by atoms with Crippen LogP contribution in [0.25, 0.3) is 0 Å². The van der Waals surface area contributed by atoms with E-state index in [2.05, 4.69) is 27.4 Å². The van der Waals surface area contributed by atoms with Crippen molar-refractivity contribution in [2.75, 3.05) is 6.61 Å². The van der Waals surface area contributed by atoms with E-state index in [1.807, 2.05) is 0 Å². The fourth-order valence-electron chi connectivity index (χ4n) is 2.99. The van der Waals surface area contributed by atoms with Gasteiger partial charge in [-0.25, -0.2) is 0 Å². The summed E-state index contributed by atoms with van der Waals surface area (Å²) in [5, 5.41) is 10.8.